The Bertz CT molecular complexity index is 2420. The van der Waals surface area contributed by atoms with Gasteiger partial charge in [-0.15, -0.1) is 10.2 Å². The summed E-state index contributed by atoms with van der Waals surface area (Å²) in [4.78, 5) is -0.871. The molecule has 0 aliphatic rings. The number of hydrogen-bond donors (Lipinski definition) is 4. The van der Waals surface area contributed by atoms with Crippen molar-refractivity contribution in [2.75, 3.05) is 11.5 Å². The number of aryl methyl sites for hydroxylation is 2. The lowest BCUT2D eigenvalue weighted by Crippen LogP contribution is -2.03. The first kappa shape index (κ1) is 34.3. The number of anilines is 2. The maximum Gasteiger partial charge on any atom is 0.296 e. The zero-order chi connectivity index (χ0) is 35.8. The fraction of sp³-hybridized carbons (Fsp3) is 0.111. The average Bonchev–Trinajstić information content (AvgIpc) is 3.10. The van der Waals surface area contributed by atoms with Crippen molar-refractivity contribution in [2.24, 2.45) is 20.5 Å². The van der Waals surface area contributed by atoms with Crippen molar-refractivity contribution in [3.63, 3.8) is 0 Å². The van der Waals surface area contributed by atoms with Crippen LogP contribution >= 0.6 is 0 Å². The van der Waals surface area contributed by atoms with E-state index in [1.54, 1.807) is 48.5 Å². The van der Waals surface area contributed by atoms with Crippen LogP contribution in [-0.4, -0.2) is 25.9 Å². The number of fused-ring (bicyclic) bond motifs is 2. The topological polar surface area (TPSA) is 210 Å². The zero-order valence-electron chi connectivity index (χ0n) is 26.9. The summed E-state index contributed by atoms with van der Waals surface area (Å²) in [5, 5.41) is 19.5. The summed E-state index contributed by atoms with van der Waals surface area (Å²) >= 11 is 0. The van der Waals surface area contributed by atoms with Gasteiger partial charge in [0.1, 0.15) is 9.79 Å². The summed E-state index contributed by atoms with van der Waals surface area (Å²) in [6, 6.07) is 27.5. The minimum absolute atomic E-state index is 0.0658. The van der Waals surface area contributed by atoms with Gasteiger partial charge in [0.25, 0.3) is 20.2 Å². The number of nitrogen functional groups attached to an aromatic ring is 2. The molecule has 254 valence electrons. The van der Waals surface area contributed by atoms with E-state index in [9.17, 15) is 25.9 Å². The summed E-state index contributed by atoms with van der Waals surface area (Å²) in [7, 11) is -9.20. The van der Waals surface area contributed by atoms with Crippen molar-refractivity contribution in [3.05, 3.63) is 108 Å². The first-order valence-electron chi connectivity index (χ1n) is 15.5. The van der Waals surface area contributed by atoms with Crippen LogP contribution in [0.3, 0.4) is 0 Å². The molecule has 6 N–H and O–H groups in total. The Labute approximate surface area is 288 Å². The molecule has 0 aliphatic carbocycles. The molecule has 6 rings (SSSR count). The molecule has 0 saturated carbocycles. The van der Waals surface area contributed by atoms with Crippen molar-refractivity contribution in [2.45, 2.75) is 36.5 Å². The van der Waals surface area contributed by atoms with Gasteiger partial charge >= 0.3 is 0 Å². The van der Waals surface area contributed by atoms with Gasteiger partial charge in [0, 0.05) is 21.5 Å². The van der Waals surface area contributed by atoms with Gasteiger partial charge in [-0.05, 0) is 71.5 Å². The highest BCUT2D eigenvalue weighted by atomic mass is 32.2. The Kier molecular flexibility index (Phi) is 9.20. The smallest absolute Gasteiger partial charge is 0.296 e. The van der Waals surface area contributed by atoms with Crippen molar-refractivity contribution >= 4 is 75.9 Å². The Morgan fingerprint density at radius 3 is 1.22 bits per heavy atom. The lowest BCUT2D eigenvalue weighted by molar-refractivity contribution is 0.481. The number of nitrogens with zero attached hydrogens (tertiary/aromatic N) is 4. The van der Waals surface area contributed by atoms with Gasteiger partial charge in [0.2, 0.25) is 0 Å². The van der Waals surface area contributed by atoms with E-state index in [1.807, 2.05) is 50.2 Å². The van der Waals surface area contributed by atoms with E-state index >= 15 is 0 Å². The predicted molar refractivity (Wildman–Crippen MR) is 195 cm³/mol. The highest BCUT2D eigenvalue weighted by Gasteiger charge is 2.20. The summed E-state index contributed by atoms with van der Waals surface area (Å²) in [5.74, 6) is 0. The van der Waals surface area contributed by atoms with Crippen LogP contribution in [0.25, 0.3) is 32.7 Å². The Morgan fingerprint density at radius 2 is 0.880 bits per heavy atom. The van der Waals surface area contributed by atoms with Crippen LogP contribution in [0.4, 0.5) is 34.1 Å². The number of rotatable bonds is 9. The van der Waals surface area contributed by atoms with Crippen molar-refractivity contribution < 1.29 is 25.9 Å². The molecule has 14 heteroatoms. The number of hydrogen-bond acceptors (Lipinski definition) is 10. The van der Waals surface area contributed by atoms with E-state index in [2.05, 4.69) is 20.5 Å². The third kappa shape index (κ3) is 6.69. The second kappa shape index (κ2) is 13.4. The number of nitrogens with two attached hydrogens (primary N) is 2. The van der Waals surface area contributed by atoms with Crippen LogP contribution in [0, 0.1) is 0 Å². The van der Waals surface area contributed by atoms with E-state index in [0.29, 0.717) is 45.8 Å². The zero-order valence-corrected chi connectivity index (χ0v) is 28.6. The minimum Gasteiger partial charge on any atom is -0.397 e. The normalized spacial score (nSPS) is 12.5. The van der Waals surface area contributed by atoms with Crippen molar-refractivity contribution in [3.8, 4) is 11.1 Å². The molecule has 0 atom stereocenters. The molecular formula is C36H32N6O6S2. The van der Waals surface area contributed by atoms with E-state index in [4.69, 9.17) is 11.5 Å². The summed E-state index contributed by atoms with van der Waals surface area (Å²) in [6.07, 6.45) is 1.36. The molecule has 0 heterocycles. The molecule has 0 amide bonds. The Balaban J connectivity index is 1.34. The molecule has 6 aromatic carbocycles. The molecule has 0 saturated heterocycles. The maximum atomic E-state index is 12.0. The standard InChI is InChI=1S/C36H32N6O6S2/c1-3-21-17-23(39-41-31-19-33(49(43,44)45)35(37)29-11-7-5-9-27(29)31)13-15-25(21)26-16-14-24(18-22(26)4-2)40-42-32-20-34(50(46,47)48)36(38)30-12-8-6-10-28(30)32/h5-20H,3-4,37-38H2,1-2H3,(H,43,44,45)(H,46,47,48). The molecule has 0 unspecified atom stereocenters. The van der Waals surface area contributed by atoms with E-state index in [0.717, 1.165) is 22.3 Å². The van der Waals surface area contributed by atoms with Crippen LogP contribution in [0.2, 0.25) is 0 Å². The SMILES string of the molecule is CCc1cc(N=Nc2cc(S(=O)(=O)O)c(N)c3ccccc23)ccc1-c1ccc(N=Nc2cc(S(=O)(=O)O)c(N)c3ccccc23)cc1CC. The lowest BCUT2D eigenvalue weighted by atomic mass is 9.92. The molecular weight excluding hydrogens is 677 g/mol. The van der Waals surface area contributed by atoms with Crippen LogP contribution in [0.15, 0.2) is 127 Å². The minimum atomic E-state index is -4.60. The summed E-state index contributed by atoms with van der Waals surface area (Å²) < 4.78 is 67.6. The maximum absolute atomic E-state index is 12.0. The van der Waals surface area contributed by atoms with Gasteiger partial charge in [-0.25, -0.2) is 0 Å². The highest BCUT2D eigenvalue weighted by molar-refractivity contribution is 7.86. The fourth-order valence-corrected chi connectivity index (χ4v) is 7.22. The molecule has 0 spiro atoms. The third-order valence-electron chi connectivity index (χ3n) is 8.38. The fourth-order valence-electron chi connectivity index (χ4n) is 5.92. The van der Waals surface area contributed by atoms with E-state index < -0.39 is 30.0 Å². The van der Waals surface area contributed by atoms with Crippen LogP contribution < -0.4 is 11.5 Å². The van der Waals surface area contributed by atoms with Gasteiger partial charge in [-0.2, -0.15) is 27.1 Å². The van der Waals surface area contributed by atoms with Crippen molar-refractivity contribution in [1.82, 2.24) is 0 Å². The molecule has 12 nitrogen and oxygen atoms in total. The Hall–Kier alpha value is -5.54. The first-order chi connectivity index (χ1) is 23.8. The molecule has 0 fully saturated rings. The first-order valence-corrected chi connectivity index (χ1v) is 18.3. The second-order valence-electron chi connectivity index (χ2n) is 11.4. The van der Waals surface area contributed by atoms with Crippen LogP contribution in [0.5, 0.6) is 0 Å². The molecule has 50 heavy (non-hydrogen) atoms. The molecule has 0 radical (unpaired) electrons. The van der Waals surface area contributed by atoms with Crippen LogP contribution in [-0.2, 0) is 33.1 Å². The van der Waals surface area contributed by atoms with Gasteiger partial charge in [0.15, 0.2) is 0 Å². The van der Waals surface area contributed by atoms with E-state index in [1.165, 1.54) is 12.1 Å². The average molecular weight is 709 g/mol. The lowest BCUT2D eigenvalue weighted by Gasteiger charge is -2.14. The predicted octanol–water partition coefficient (Wildman–Crippen LogP) is 9.27. The van der Waals surface area contributed by atoms with Gasteiger partial charge in [-0.3, -0.25) is 9.11 Å². The van der Waals surface area contributed by atoms with Crippen molar-refractivity contribution in [1.29, 1.82) is 0 Å². The summed E-state index contributed by atoms with van der Waals surface area (Å²) in [5.41, 5.74) is 17.5. The largest absolute Gasteiger partial charge is 0.397 e. The van der Waals surface area contributed by atoms with Gasteiger partial charge < -0.3 is 11.5 Å². The van der Waals surface area contributed by atoms with E-state index in [-0.39, 0.29) is 22.7 Å². The molecule has 6 aromatic rings. The summed E-state index contributed by atoms with van der Waals surface area (Å²) in [6.45, 7) is 4.05. The van der Waals surface area contributed by atoms with Gasteiger partial charge in [0.05, 0.1) is 34.1 Å². The van der Waals surface area contributed by atoms with Gasteiger partial charge in [-0.1, -0.05) is 74.5 Å². The third-order valence-corrected chi connectivity index (χ3v) is 10.2. The highest BCUT2D eigenvalue weighted by Crippen LogP contribution is 2.39. The number of benzene rings is 6. The molecule has 0 bridgehead atoms. The quantitative estimate of drug-likeness (QED) is 0.0644. The Morgan fingerprint density at radius 1 is 0.520 bits per heavy atom. The molecule has 0 aliphatic heterocycles. The molecule has 0 aromatic heterocycles. The monoisotopic (exact) mass is 708 g/mol. The second-order valence-corrected chi connectivity index (χ2v) is 14.2. The van der Waals surface area contributed by atoms with Crippen LogP contribution in [0.1, 0.15) is 25.0 Å². The number of azo groups is 2.